The van der Waals surface area contributed by atoms with Gasteiger partial charge in [-0.05, 0) is 106 Å². The zero-order valence-electron chi connectivity index (χ0n) is 36.0. The van der Waals surface area contributed by atoms with Crippen molar-refractivity contribution in [3.05, 3.63) is 249 Å². The van der Waals surface area contributed by atoms with Crippen LogP contribution in [0.15, 0.2) is 249 Å². The highest BCUT2D eigenvalue weighted by Crippen LogP contribution is 2.40. The summed E-state index contributed by atoms with van der Waals surface area (Å²) in [6.07, 6.45) is 0. The highest BCUT2D eigenvalue weighted by molar-refractivity contribution is 6.06. The molecular weight excluding hydrogens is 799 g/mol. The van der Waals surface area contributed by atoms with Gasteiger partial charge in [0.2, 0.25) is 0 Å². The molecule has 0 fully saturated rings. The van der Waals surface area contributed by atoms with Crippen LogP contribution in [-0.2, 0) is 0 Å². The van der Waals surface area contributed by atoms with E-state index in [2.05, 4.69) is 249 Å². The molecule has 0 amide bonds. The maximum absolute atomic E-state index is 5.33. The van der Waals surface area contributed by atoms with Gasteiger partial charge in [-0.15, -0.1) is 0 Å². The zero-order valence-corrected chi connectivity index (χ0v) is 36.0. The Morgan fingerprint density at radius 3 is 1.24 bits per heavy atom. The molecule has 11 aromatic carbocycles. The molecule has 0 atom stereocenters. The summed E-state index contributed by atoms with van der Waals surface area (Å²) < 4.78 is 0. The summed E-state index contributed by atoms with van der Waals surface area (Å²) in [6.45, 7) is 0. The summed E-state index contributed by atoms with van der Waals surface area (Å²) in [5, 5.41) is 7.10. The fraction of sp³-hybridized carbons (Fsp3) is 0. The number of fused-ring (bicyclic) bond motifs is 3. The van der Waals surface area contributed by atoms with Gasteiger partial charge in [0.05, 0.1) is 0 Å². The molecule has 12 aromatic rings. The van der Waals surface area contributed by atoms with Gasteiger partial charge in [-0.3, -0.25) is 0 Å². The number of hydrogen-bond donors (Lipinski definition) is 0. The quantitative estimate of drug-likeness (QED) is 0.153. The van der Waals surface area contributed by atoms with Crippen LogP contribution in [0.4, 0.5) is 0 Å². The van der Waals surface area contributed by atoms with Crippen molar-refractivity contribution in [2.75, 3.05) is 0 Å². The van der Waals surface area contributed by atoms with E-state index in [4.69, 9.17) is 15.0 Å². The van der Waals surface area contributed by atoms with Crippen LogP contribution in [0.3, 0.4) is 0 Å². The van der Waals surface area contributed by atoms with Crippen molar-refractivity contribution in [2.24, 2.45) is 0 Å². The molecule has 0 aliphatic carbocycles. The lowest BCUT2D eigenvalue weighted by Gasteiger charge is -2.16. The molecule has 0 bridgehead atoms. The summed E-state index contributed by atoms with van der Waals surface area (Å²) in [6, 6.07) is 88.4. The molecule has 0 radical (unpaired) electrons. The molecule has 0 aliphatic heterocycles. The summed E-state index contributed by atoms with van der Waals surface area (Å²) in [4.78, 5) is 15.9. The Balaban J connectivity index is 0.999. The van der Waals surface area contributed by atoms with Crippen LogP contribution in [0.5, 0.6) is 0 Å². The molecule has 3 nitrogen and oxygen atoms in total. The second-order valence-electron chi connectivity index (χ2n) is 16.7. The van der Waals surface area contributed by atoms with Crippen LogP contribution in [0.1, 0.15) is 0 Å². The van der Waals surface area contributed by atoms with Crippen molar-refractivity contribution in [1.29, 1.82) is 0 Å². The standard InChI is InChI=1S/C63H41N3/c1-2-16-43(17-3-1)54-28-8-9-29-56(54)59-38-39-60(58-31-11-10-30-57(58)59)63-65-61(64-62(66-63)50-25-13-23-48(41-50)55-33-15-21-45-19-5-7-27-52(45)55)49-24-12-22-47(40-49)42-34-36-46(37-35-42)53-32-14-20-44-18-4-6-26-51(44)53/h1-41H. The van der Waals surface area contributed by atoms with Gasteiger partial charge in [0.15, 0.2) is 17.5 Å². The summed E-state index contributed by atoms with van der Waals surface area (Å²) in [5.41, 5.74) is 14.4. The molecular formula is C63H41N3. The SMILES string of the molecule is c1ccc(-c2ccccc2-c2ccc(-c3nc(-c4cccc(-c5ccc(-c6cccc7ccccc67)cc5)c4)nc(-c4cccc(-c5cccc6ccccc56)c4)n3)c3ccccc23)cc1. The van der Waals surface area contributed by atoms with E-state index in [1.165, 1.54) is 54.9 Å². The minimum absolute atomic E-state index is 0.613. The average molecular weight is 840 g/mol. The molecule has 0 unspecified atom stereocenters. The molecule has 1 aromatic heterocycles. The van der Waals surface area contributed by atoms with Gasteiger partial charge in [0.25, 0.3) is 0 Å². The third-order valence-electron chi connectivity index (χ3n) is 12.8. The first-order valence-corrected chi connectivity index (χ1v) is 22.4. The van der Waals surface area contributed by atoms with E-state index in [0.29, 0.717) is 17.5 Å². The van der Waals surface area contributed by atoms with Gasteiger partial charge in [-0.1, -0.05) is 231 Å². The van der Waals surface area contributed by atoms with Crippen LogP contribution < -0.4 is 0 Å². The van der Waals surface area contributed by atoms with Crippen LogP contribution in [-0.4, -0.2) is 15.0 Å². The number of nitrogens with zero attached hydrogens (tertiary/aromatic N) is 3. The van der Waals surface area contributed by atoms with Gasteiger partial charge >= 0.3 is 0 Å². The van der Waals surface area contributed by atoms with E-state index in [1.54, 1.807) is 0 Å². The van der Waals surface area contributed by atoms with Crippen LogP contribution in [0.2, 0.25) is 0 Å². The number of rotatable bonds is 8. The highest BCUT2D eigenvalue weighted by atomic mass is 15.0. The molecule has 0 aliphatic rings. The monoisotopic (exact) mass is 839 g/mol. The Bertz CT molecular complexity index is 3750. The second-order valence-corrected chi connectivity index (χ2v) is 16.7. The average Bonchev–Trinajstić information content (AvgIpc) is 3.40. The fourth-order valence-corrected chi connectivity index (χ4v) is 9.53. The third kappa shape index (κ3) is 7.19. The minimum atomic E-state index is 0.613. The number of hydrogen-bond acceptors (Lipinski definition) is 3. The fourth-order valence-electron chi connectivity index (χ4n) is 9.53. The second kappa shape index (κ2) is 16.7. The molecule has 12 rings (SSSR count). The van der Waals surface area contributed by atoms with Crippen molar-refractivity contribution in [3.63, 3.8) is 0 Å². The summed E-state index contributed by atoms with van der Waals surface area (Å²) in [5.74, 6) is 1.85. The van der Waals surface area contributed by atoms with Gasteiger partial charge < -0.3 is 0 Å². The van der Waals surface area contributed by atoms with Crippen LogP contribution in [0.25, 0.3) is 122 Å². The first kappa shape index (κ1) is 38.9. The van der Waals surface area contributed by atoms with E-state index in [9.17, 15) is 0 Å². The molecule has 66 heavy (non-hydrogen) atoms. The van der Waals surface area contributed by atoms with E-state index < -0.39 is 0 Å². The van der Waals surface area contributed by atoms with E-state index in [-0.39, 0.29) is 0 Å². The van der Waals surface area contributed by atoms with E-state index in [0.717, 1.165) is 49.7 Å². The van der Waals surface area contributed by atoms with Crippen molar-refractivity contribution < 1.29 is 0 Å². The summed E-state index contributed by atoms with van der Waals surface area (Å²) in [7, 11) is 0. The first-order chi connectivity index (χ1) is 32.7. The minimum Gasteiger partial charge on any atom is -0.208 e. The normalized spacial score (nSPS) is 11.3. The smallest absolute Gasteiger partial charge is 0.164 e. The molecule has 3 heteroatoms. The highest BCUT2D eigenvalue weighted by Gasteiger charge is 2.19. The maximum Gasteiger partial charge on any atom is 0.164 e. The van der Waals surface area contributed by atoms with Crippen molar-refractivity contribution in [2.45, 2.75) is 0 Å². The van der Waals surface area contributed by atoms with Gasteiger partial charge in [0.1, 0.15) is 0 Å². The largest absolute Gasteiger partial charge is 0.208 e. The van der Waals surface area contributed by atoms with E-state index >= 15 is 0 Å². The van der Waals surface area contributed by atoms with Crippen molar-refractivity contribution in [3.8, 4) is 89.8 Å². The van der Waals surface area contributed by atoms with Gasteiger partial charge in [0, 0.05) is 16.7 Å². The lowest BCUT2D eigenvalue weighted by molar-refractivity contribution is 1.08. The molecule has 308 valence electrons. The lowest BCUT2D eigenvalue weighted by Crippen LogP contribution is -2.01. The Morgan fingerprint density at radius 2 is 0.576 bits per heavy atom. The zero-order chi connectivity index (χ0) is 43.8. The lowest BCUT2D eigenvalue weighted by atomic mass is 9.90. The topological polar surface area (TPSA) is 38.7 Å². The van der Waals surface area contributed by atoms with E-state index in [1.807, 2.05) is 0 Å². The number of aromatic nitrogens is 3. The van der Waals surface area contributed by atoms with Gasteiger partial charge in [-0.2, -0.15) is 0 Å². The predicted octanol–water partition coefficient (Wildman–Crippen LogP) is 16.7. The molecule has 0 saturated carbocycles. The van der Waals surface area contributed by atoms with Crippen LogP contribution in [0, 0.1) is 0 Å². The van der Waals surface area contributed by atoms with Crippen molar-refractivity contribution >= 4 is 32.3 Å². The molecule has 0 saturated heterocycles. The summed E-state index contributed by atoms with van der Waals surface area (Å²) >= 11 is 0. The van der Waals surface area contributed by atoms with Crippen molar-refractivity contribution in [1.82, 2.24) is 15.0 Å². The maximum atomic E-state index is 5.33. The molecule has 0 N–H and O–H groups in total. The van der Waals surface area contributed by atoms with Crippen LogP contribution >= 0.6 is 0 Å². The number of benzene rings is 11. The first-order valence-electron chi connectivity index (χ1n) is 22.4. The molecule has 1 heterocycles. The third-order valence-corrected chi connectivity index (χ3v) is 12.8. The molecule has 0 spiro atoms. The Labute approximate surface area is 384 Å². The van der Waals surface area contributed by atoms with Gasteiger partial charge in [-0.25, -0.2) is 15.0 Å². The predicted molar refractivity (Wildman–Crippen MR) is 276 cm³/mol. The Kier molecular flexibility index (Phi) is 9.85. The Hall–Kier alpha value is -8.79. The Morgan fingerprint density at radius 1 is 0.182 bits per heavy atom.